The summed E-state index contributed by atoms with van der Waals surface area (Å²) in [6.07, 6.45) is 5.00. The lowest BCUT2D eigenvalue weighted by molar-refractivity contribution is -0.134. The Kier molecular flexibility index (Phi) is 8.05. The molecule has 0 unspecified atom stereocenters. The average molecular weight is 359 g/mol. The lowest BCUT2D eigenvalue weighted by Gasteiger charge is -2.22. The number of imidazole rings is 1. The summed E-state index contributed by atoms with van der Waals surface area (Å²) < 4.78 is 7.35. The van der Waals surface area contributed by atoms with Gasteiger partial charge < -0.3 is 19.9 Å². The third-order valence-corrected chi connectivity index (χ3v) is 3.43. The number of carbonyl (C=O) groups excluding carboxylic acids is 1. The summed E-state index contributed by atoms with van der Waals surface area (Å²) in [7, 11) is 0. The van der Waals surface area contributed by atoms with Crippen LogP contribution in [0.5, 0.6) is 0 Å². The summed E-state index contributed by atoms with van der Waals surface area (Å²) in [6, 6.07) is 7.99. The smallest absolute Gasteiger partial charge is 0.250 e. The topological polar surface area (TPSA) is 68.2 Å². The Balaban J connectivity index is 0.00000132. The van der Waals surface area contributed by atoms with Crippen LogP contribution < -0.4 is 10.6 Å². The lowest BCUT2D eigenvalue weighted by Crippen LogP contribution is -2.47. The van der Waals surface area contributed by atoms with Crippen molar-refractivity contribution in [1.82, 2.24) is 20.2 Å². The van der Waals surface area contributed by atoms with Gasteiger partial charge in [0, 0.05) is 37.7 Å². The standard InChI is InChI=1S/C15H18N4O2.2ClH/c20-15(14-10-16-6-8-21-14)18-9-12-1-3-13(4-2-12)19-7-5-17-11-19;;/h1-5,7,11,14,16H,6,8-10H2,(H,18,20);2*1H/t14-;;/m1../s1. The molecule has 2 aromatic rings. The first-order valence-electron chi connectivity index (χ1n) is 7.00. The molecule has 0 aliphatic carbocycles. The van der Waals surface area contributed by atoms with E-state index in [1.807, 2.05) is 35.0 Å². The summed E-state index contributed by atoms with van der Waals surface area (Å²) in [5, 5.41) is 6.04. The number of aromatic nitrogens is 2. The average Bonchev–Trinajstić information content (AvgIpc) is 3.08. The van der Waals surface area contributed by atoms with Crippen molar-refractivity contribution >= 4 is 30.7 Å². The number of nitrogens with zero attached hydrogens (tertiary/aromatic N) is 2. The fourth-order valence-corrected chi connectivity index (χ4v) is 2.23. The monoisotopic (exact) mass is 358 g/mol. The zero-order valence-corrected chi connectivity index (χ0v) is 14.1. The van der Waals surface area contributed by atoms with Crippen molar-refractivity contribution in [1.29, 1.82) is 0 Å². The highest BCUT2D eigenvalue weighted by molar-refractivity contribution is 5.85. The second-order valence-corrected chi connectivity index (χ2v) is 4.92. The van der Waals surface area contributed by atoms with Crippen molar-refractivity contribution in [2.24, 2.45) is 0 Å². The van der Waals surface area contributed by atoms with E-state index in [1.54, 1.807) is 12.5 Å². The van der Waals surface area contributed by atoms with Gasteiger partial charge in [-0.1, -0.05) is 12.1 Å². The minimum Gasteiger partial charge on any atom is -0.366 e. The Morgan fingerprint density at radius 2 is 2.13 bits per heavy atom. The Labute approximate surface area is 147 Å². The summed E-state index contributed by atoms with van der Waals surface area (Å²) in [5.41, 5.74) is 2.10. The van der Waals surface area contributed by atoms with Crippen LogP contribution in [0.25, 0.3) is 5.69 Å². The minimum absolute atomic E-state index is 0. The van der Waals surface area contributed by atoms with Crippen LogP contribution in [0.2, 0.25) is 0 Å². The molecule has 1 atom stereocenters. The van der Waals surface area contributed by atoms with E-state index in [0.717, 1.165) is 17.8 Å². The van der Waals surface area contributed by atoms with E-state index in [0.29, 0.717) is 19.7 Å². The number of nitrogens with one attached hydrogen (secondary N) is 2. The molecule has 0 spiro atoms. The van der Waals surface area contributed by atoms with Crippen molar-refractivity contribution < 1.29 is 9.53 Å². The highest BCUT2D eigenvalue weighted by atomic mass is 35.5. The number of halogens is 2. The SMILES string of the molecule is Cl.Cl.O=C(NCc1ccc(-n2ccnc2)cc1)[C@H]1CNCCO1. The molecule has 1 saturated heterocycles. The van der Waals surface area contributed by atoms with Gasteiger partial charge in [-0.05, 0) is 17.7 Å². The number of ether oxygens (including phenoxy) is 1. The molecule has 6 nitrogen and oxygen atoms in total. The molecule has 3 rings (SSSR count). The van der Waals surface area contributed by atoms with E-state index in [2.05, 4.69) is 15.6 Å². The van der Waals surface area contributed by atoms with Crippen LogP contribution in [0, 0.1) is 0 Å². The van der Waals surface area contributed by atoms with E-state index < -0.39 is 0 Å². The van der Waals surface area contributed by atoms with E-state index in [9.17, 15) is 4.79 Å². The first kappa shape index (κ1) is 19.4. The largest absolute Gasteiger partial charge is 0.366 e. The predicted molar refractivity (Wildman–Crippen MR) is 92.5 cm³/mol. The van der Waals surface area contributed by atoms with Crippen LogP contribution in [0.1, 0.15) is 5.56 Å². The second kappa shape index (κ2) is 9.52. The molecule has 1 aromatic heterocycles. The van der Waals surface area contributed by atoms with Crippen LogP contribution in [-0.2, 0) is 16.1 Å². The maximum absolute atomic E-state index is 11.9. The molecular weight excluding hydrogens is 339 g/mol. The molecule has 1 aliphatic heterocycles. The number of amides is 1. The highest BCUT2D eigenvalue weighted by Gasteiger charge is 2.21. The van der Waals surface area contributed by atoms with Crippen molar-refractivity contribution in [3.05, 3.63) is 48.5 Å². The fourth-order valence-electron chi connectivity index (χ4n) is 2.23. The third-order valence-electron chi connectivity index (χ3n) is 3.43. The summed E-state index contributed by atoms with van der Waals surface area (Å²) in [5.74, 6) is -0.0686. The third kappa shape index (κ3) is 5.21. The Morgan fingerprint density at radius 1 is 1.35 bits per heavy atom. The summed E-state index contributed by atoms with van der Waals surface area (Å²) in [4.78, 5) is 16.0. The van der Waals surface area contributed by atoms with Gasteiger partial charge in [-0.2, -0.15) is 0 Å². The Hall–Kier alpha value is -1.60. The Bertz CT molecular complexity index is 584. The lowest BCUT2D eigenvalue weighted by atomic mass is 10.2. The van der Waals surface area contributed by atoms with Crippen molar-refractivity contribution in [3.8, 4) is 5.69 Å². The maximum atomic E-state index is 11.9. The predicted octanol–water partition coefficient (Wildman–Crippen LogP) is 1.32. The van der Waals surface area contributed by atoms with Gasteiger partial charge in [0.25, 0.3) is 5.91 Å². The first-order chi connectivity index (χ1) is 10.3. The number of hydrogen-bond donors (Lipinski definition) is 2. The van der Waals surface area contributed by atoms with Crippen LogP contribution >= 0.6 is 24.8 Å². The highest BCUT2D eigenvalue weighted by Crippen LogP contribution is 2.09. The van der Waals surface area contributed by atoms with E-state index in [4.69, 9.17) is 4.74 Å². The molecule has 2 heterocycles. The summed E-state index contributed by atoms with van der Waals surface area (Å²) in [6.45, 7) is 2.46. The molecule has 23 heavy (non-hydrogen) atoms. The molecule has 1 aromatic carbocycles. The van der Waals surface area contributed by atoms with Crippen LogP contribution in [0.15, 0.2) is 43.0 Å². The molecule has 1 fully saturated rings. The van der Waals surface area contributed by atoms with E-state index in [-0.39, 0.29) is 36.8 Å². The molecule has 0 bridgehead atoms. The molecule has 0 radical (unpaired) electrons. The van der Waals surface area contributed by atoms with Crippen molar-refractivity contribution in [2.75, 3.05) is 19.7 Å². The first-order valence-corrected chi connectivity index (χ1v) is 7.00. The quantitative estimate of drug-likeness (QED) is 0.864. The molecule has 1 aliphatic rings. The number of benzene rings is 1. The second-order valence-electron chi connectivity index (χ2n) is 4.92. The molecule has 1 amide bonds. The van der Waals surface area contributed by atoms with Gasteiger partial charge in [-0.15, -0.1) is 24.8 Å². The van der Waals surface area contributed by atoms with Crippen molar-refractivity contribution in [2.45, 2.75) is 12.6 Å². The normalized spacial score (nSPS) is 16.8. The van der Waals surface area contributed by atoms with Crippen molar-refractivity contribution in [3.63, 3.8) is 0 Å². The van der Waals surface area contributed by atoms with Crippen LogP contribution in [0.4, 0.5) is 0 Å². The number of morpholine rings is 1. The fraction of sp³-hybridized carbons (Fsp3) is 0.333. The van der Waals surface area contributed by atoms with E-state index >= 15 is 0 Å². The van der Waals surface area contributed by atoms with Gasteiger partial charge in [-0.25, -0.2) is 4.98 Å². The van der Waals surface area contributed by atoms with Gasteiger partial charge in [0.15, 0.2) is 0 Å². The molecule has 126 valence electrons. The van der Waals surface area contributed by atoms with Gasteiger partial charge in [0.2, 0.25) is 0 Å². The van der Waals surface area contributed by atoms with Gasteiger partial charge in [0.05, 0.1) is 12.9 Å². The van der Waals surface area contributed by atoms with Gasteiger partial charge in [-0.3, -0.25) is 4.79 Å². The number of rotatable bonds is 4. The van der Waals surface area contributed by atoms with E-state index in [1.165, 1.54) is 0 Å². The van der Waals surface area contributed by atoms with Gasteiger partial charge >= 0.3 is 0 Å². The van der Waals surface area contributed by atoms with Gasteiger partial charge in [0.1, 0.15) is 6.10 Å². The molecular formula is C15H20Cl2N4O2. The molecule has 2 N–H and O–H groups in total. The maximum Gasteiger partial charge on any atom is 0.250 e. The number of carbonyl (C=O) groups is 1. The zero-order valence-electron chi connectivity index (χ0n) is 12.5. The molecule has 8 heteroatoms. The summed E-state index contributed by atoms with van der Waals surface area (Å²) >= 11 is 0. The number of hydrogen-bond acceptors (Lipinski definition) is 4. The van der Waals surface area contributed by atoms with Crippen LogP contribution in [0.3, 0.4) is 0 Å². The Morgan fingerprint density at radius 3 is 2.74 bits per heavy atom. The zero-order chi connectivity index (χ0) is 14.5. The molecule has 0 saturated carbocycles. The van der Waals surface area contributed by atoms with Crippen LogP contribution in [-0.4, -0.2) is 41.3 Å². The minimum atomic E-state index is -0.385.